The van der Waals surface area contributed by atoms with Gasteiger partial charge in [-0.25, -0.2) is 0 Å². The van der Waals surface area contributed by atoms with Gasteiger partial charge in [-0.15, -0.1) is 11.1 Å². The molecule has 2 aromatic rings. The standard InChI is InChI=1S/C23H28Si2/c1-24(2,3)19-17-23(18-20-25(4,5)6,21-13-9-7-10-14-21)22-15-11-8-12-16-22/h7-16H,1-6H3. The molecular weight excluding hydrogens is 332 g/mol. The second-order valence-corrected chi connectivity index (χ2v) is 18.0. The van der Waals surface area contributed by atoms with Crippen molar-refractivity contribution in [1.29, 1.82) is 0 Å². The summed E-state index contributed by atoms with van der Waals surface area (Å²) in [6.45, 7) is 13.7. The van der Waals surface area contributed by atoms with Gasteiger partial charge in [0.1, 0.15) is 21.6 Å². The van der Waals surface area contributed by atoms with Crippen molar-refractivity contribution in [2.24, 2.45) is 0 Å². The fraction of sp³-hybridized carbons (Fsp3) is 0.304. The van der Waals surface area contributed by atoms with Crippen molar-refractivity contribution in [3.8, 4) is 22.9 Å². The van der Waals surface area contributed by atoms with Gasteiger partial charge in [-0.1, -0.05) is 112 Å². The van der Waals surface area contributed by atoms with Gasteiger partial charge in [-0.05, 0) is 11.1 Å². The first-order valence-corrected chi connectivity index (χ1v) is 15.8. The van der Waals surface area contributed by atoms with Crippen molar-refractivity contribution in [3.05, 3.63) is 71.8 Å². The summed E-state index contributed by atoms with van der Waals surface area (Å²) in [5.41, 5.74) is 8.97. The summed E-state index contributed by atoms with van der Waals surface area (Å²) < 4.78 is 0. The van der Waals surface area contributed by atoms with Crippen molar-refractivity contribution in [1.82, 2.24) is 0 Å². The molecule has 0 aliphatic heterocycles. The topological polar surface area (TPSA) is 0 Å². The molecule has 2 rings (SSSR count). The van der Waals surface area contributed by atoms with Gasteiger partial charge in [0, 0.05) is 0 Å². The zero-order valence-corrected chi connectivity index (χ0v) is 18.3. The van der Waals surface area contributed by atoms with Gasteiger partial charge < -0.3 is 0 Å². The van der Waals surface area contributed by atoms with E-state index in [4.69, 9.17) is 0 Å². The predicted octanol–water partition coefficient (Wildman–Crippen LogP) is 5.73. The minimum atomic E-state index is -1.53. The summed E-state index contributed by atoms with van der Waals surface area (Å²) in [5, 5.41) is 0. The molecule has 0 fully saturated rings. The van der Waals surface area contributed by atoms with Gasteiger partial charge >= 0.3 is 0 Å². The Bertz CT molecular complexity index is 741. The summed E-state index contributed by atoms with van der Waals surface area (Å²) in [4.78, 5) is 0. The average Bonchev–Trinajstić information content (AvgIpc) is 2.55. The number of hydrogen-bond donors (Lipinski definition) is 0. The molecule has 0 bridgehead atoms. The highest BCUT2D eigenvalue weighted by Gasteiger charge is 2.31. The van der Waals surface area contributed by atoms with Gasteiger partial charge in [0.25, 0.3) is 0 Å². The van der Waals surface area contributed by atoms with E-state index >= 15 is 0 Å². The maximum absolute atomic E-state index is 3.64. The molecule has 2 heteroatoms. The lowest BCUT2D eigenvalue weighted by Gasteiger charge is -2.26. The van der Waals surface area contributed by atoms with E-state index in [1.165, 1.54) is 0 Å². The largest absolute Gasteiger partial charge is 0.140 e. The molecule has 0 amide bonds. The second kappa shape index (κ2) is 7.48. The Morgan fingerprint density at radius 1 is 0.560 bits per heavy atom. The van der Waals surface area contributed by atoms with E-state index in [0.29, 0.717) is 0 Å². The van der Waals surface area contributed by atoms with Crippen LogP contribution >= 0.6 is 0 Å². The third kappa shape index (κ3) is 5.50. The van der Waals surface area contributed by atoms with Crippen LogP contribution in [0.25, 0.3) is 0 Å². The Morgan fingerprint density at radius 3 is 1.16 bits per heavy atom. The average molecular weight is 361 g/mol. The van der Waals surface area contributed by atoms with E-state index in [2.05, 4.69) is 123 Å². The van der Waals surface area contributed by atoms with Crippen LogP contribution in [-0.2, 0) is 5.41 Å². The predicted molar refractivity (Wildman–Crippen MR) is 116 cm³/mol. The van der Waals surface area contributed by atoms with Gasteiger partial charge in [0.05, 0.1) is 0 Å². The first-order chi connectivity index (χ1) is 11.6. The minimum Gasteiger partial charge on any atom is -0.130 e. The zero-order valence-electron chi connectivity index (χ0n) is 16.3. The Balaban J connectivity index is 2.82. The molecule has 0 spiro atoms. The molecule has 0 aliphatic rings. The molecule has 128 valence electrons. The Labute approximate surface area is 155 Å². The van der Waals surface area contributed by atoms with Crippen molar-refractivity contribution in [2.75, 3.05) is 0 Å². The van der Waals surface area contributed by atoms with Crippen LogP contribution in [0.4, 0.5) is 0 Å². The molecule has 2 aromatic carbocycles. The molecule has 0 heterocycles. The summed E-state index contributed by atoms with van der Waals surface area (Å²) in [6.07, 6.45) is 0. The number of benzene rings is 2. The SMILES string of the molecule is C[Si](C)(C)C#CC(C#C[Si](C)(C)C)(c1ccccc1)c1ccccc1. The molecule has 0 N–H and O–H groups in total. The van der Waals surface area contributed by atoms with Crippen LogP contribution in [0, 0.1) is 22.9 Å². The van der Waals surface area contributed by atoms with Gasteiger partial charge in [-0.3, -0.25) is 0 Å². The van der Waals surface area contributed by atoms with Crippen LogP contribution in [0.3, 0.4) is 0 Å². The Kier molecular flexibility index (Phi) is 5.78. The van der Waals surface area contributed by atoms with Crippen molar-refractivity contribution < 1.29 is 0 Å². The Morgan fingerprint density at radius 2 is 0.880 bits per heavy atom. The molecule has 0 aromatic heterocycles. The van der Waals surface area contributed by atoms with E-state index in [9.17, 15) is 0 Å². The lowest BCUT2D eigenvalue weighted by Crippen LogP contribution is -2.28. The van der Waals surface area contributed by atoms with Crippen LogP contribution in [-0.4, -0.2) is 16.1 Å². The minimum absolute atomic E-state index is 0.552. The molecular formula is C23H28Si2. The van der Waals surface area contributed by atoms with E-state index in [0.717, 1.165) is 11.1 Å². The third-order valence-corrected chi connectivity index (χ3v) is 5.41. The van der Waals surface area contributed by atoms with Crippen LogP contribution in [0.5, 0.6) is 0 Å². The molecule has 0 atom stereocenters. The second-order valence-electron chi connectivity index (χ2n) is 8.48. The van der Waals surface area contributed by atoms with E-state index < -0.39 is 21.6 Å². The van der Waals surface area contributed by atoms with Crippen molar-refractivity contribution in [2.45, 2.75) is 44.7 Å². The van der Waals surface area contributed by atoms with Gasteiger partial charge in [-0.2, -0.15) is 0 Å². The molecule has 0 saturated heterocycles. The Hall–Kier alpha value is -2.01. The number of rotatable bonds is 2. The van der Waals surface area contributed by atoms with Crippen LogP contribution in [0.1, 0.15) is 11.1 Å². The third-order valence-electron chi connectivity index (χ3n) is 3.66. The van der Waals surface area contributed by atoms with Crippen LogP contribution in [0.15, 0.2) is 60.7 Å². The first kappa shape index (κ1) is 19.3. The zero-order chi connectivity index (χ0) is 18.6. The molecule has 0 nitrogen and oxygen atoms in total. The van der Waals surface area contributed by atoms with Crippen molar-refractivity contribution in [3.63, 3.8) is 0 Å². The maximum Gasteiger partial charge on any atom is 0.140 e. The quantitative estimate of drug-likeness (QED) is 0.473. The lowest BCUT2D eigenvalue weighted by atomic mass is 9.76. The summed E-state index contributed by atoms with van der Waals surface area (Å²) in [6, 6.07) is 21.1. The van der Waals surface area contributed by atoms with Crippen LogP contribution < -0.4 is 0 Å². The van der Waals surface area contributed by atoms with E-state index in [-0.39, 0.29) is 0 Å². The monoisotopic (exact) mass is 360 g/mol. The van der Waals surface area contributed by atoms with E-state index in [1.807, 2.05) is 0 Å². The van der Waals surface area contributed by atoms with Gasteiger partial charge in [0.2, 0.25) is 0 Å². The van der Waals surface area contributed by atoms with Gasteiger partial charge in [0.15, 0.2) is 0 Å². The molecule has 0 radical (unpaired) electrons. The fourth-order valence-corrected chi connectivity index (χ4v) is 3.55. The maximum atomic E-state index is 3.64. The summed E-state index contributed by atoms with van der Waals surface area (Å²) in [7, 11) is -3.05. The molecule has 0 saturated carbocycles. The van der Waals surface area contributed by atoms with E-state index in [1.54, 1.807) is 0 Å². The highest BCUT2D eigenvalue weighted by atomic mass is 28.3. The molecule has 25 heavy (non-hydrogen) atoms. The highest BCUT2D eigenvalue weighted by Crippen LogP contribution is 2.32. The first-order valence-electron chi connectivity index (χ1n) is 8.82. The fourth-order valence-electron chi connectivity index (χ4n) is 2.43. The summed E-state index contributed by atoms with van der Waals surface area (Å²) in [5.74, 6) is 7.28. The molecule has 0 aliphatic carbocycles. The summed E-state index contributed by atoms with van der Waals surface area (Å²) >= 11 is 0. The molecule has 0 unspecified atom stereocenters. The lowest BCUT2D eigenvalue weighted by molar-refractivity contribution is 0.883. The smallest absolute Gasteiger partial charge is 0.130 e. The highest BCUT2D eigenvalue weighted by molar-refractivity contribution is 6.84. The van der Waals surface area contributed by atoms with Crippen molar-refractivity contribution >= 4 is 16.1 Å². The number of hydrogen-bond acceptors (Lipinski definition) is 0. The van der Waals surface area contributed by atoms with Crippen LogP contribution in [0.2, 0.25) is 39.3 Å². The normalized spacial score (nSPS) is 11.8.